The first kappa shape index (κ1) is 16.1. The zero-order valence-electron chi connectivity index (χ0n) is 14.0. The van der Waals surface area contributed by atoms with Crippen LogP contribution in [0.15, 0.2) is 53.0 Å². The Hall–Kier alpha value is -2.40. The molecule has 1 aliphatic carbocycles. The molecule has 0 fully saturated rings. The Bertz CT molecular complexity index is 854. The Labute approximate surface area is 150 Å². The monoisotopic (exact) mass is 353 g/mol. The molecule has 4 nitrogen and oxygen atoms in total. The second kappa shape index (κ2) is 6.48. The molecule has 1 aliphatic heterocycles. The number of ether oxygens (including phenoxy) is 1. The molecule has 2 atom stereocenters. The Morgan fingerprint density at radius 3 is 2.76 bits per heavy atom. The van der Waals surface area contributed by atoms with Crippen molar-refractivity contribution in [3.05, 3.63) is 63.5 Å². The van der Waals surface area contributed by atoms with E-state index >= 15 is 0 Å². The Morgan fingerprint density at radius 1 is 1.12 bits per heavy atom. The van der Waals surface area contributed by atoms with E-state index in [1.54, 1.807) is 18.4 Å². The lowest BCUT2D eigenvalue weighted by Crippen LogP contribution is -2.38. The van der Waals surface area contributed by atoms with Crippen molar-refractivity contribution >= 4 is 23.0 Å². The molecular weight excluding hydrogens is 334 g/mol. The van der Waals surface area contributed by atoms with Crippen LogP contribution in [0.25, 0.3) is 0 Å². The van der Waals surface area contributed by atoms with E-state index in [0.29, 0.717) is 19.3 Å². The van der Waals surface area contributed by atoms with Crippen LogP contribution in [0.2, 0.25) is 0 Å². The van der Waals surface area contributed by atoms with Crippen LogP contribution >= 0.6 is 11.3 Å². The highest BCUT2D eigenvalue weighted by Gasteiger charge is 2.38. The molecule has 1 aromatic carbocycles. The maximum Gasteiger partial charge on any atom is 0.225 e. The van der Waals surface area contributed by atoms with Crippen LogP contribution < -0.4 is 10.1 Å². The normalized spacial score (nSPS) is 23.2. The molecule has 0 spiro atoms. The van der Waals surface area contributed by atoms with Crippen molar-refractivity contribution in [2.24, 2.45) is 0 Å². The molecular formula is C20H19NO3S. The number of methoxy groups -OCH3 is 1. The van der Waals surface area contributed by atoms with Crippen molar-refractivity contribution in [2.45, 2.75) is 31.1 Å². The zero-order valence-corrected chi connectivity index (χ0v) is 14.8. The van der Waals surface area contributed by atoms with Crippen LogP contribution in [-0.2, 0) is 9.59 Å². The van der Waals surface area contributed by atoms with Gasteiger partial charge in [-0.2, -0.15) is 0 Å². The summed E-state index contributed by atoms with van der Waals surface area (Å²) >= 11 is 1.67. The Balaban J connectivity index is 1.73. The SMILES string of the molecule is COc1cccc([C@H]2CC(=O)NC3=C2C(=O)C[C@H](c2cccs2)C3)c1. The fourth-order valence-electron chi connectivity index (χ4n) is 3.83. The van der Waals surface area contributed by atoms with Gasteiger partial charge in [-0.25, -0.2) is 0 Å². The second-order valence-corrected chi connectivity index (χ2v) is 7.50. The highest BCUT2D eigenvalue weighted by atomic mass is 32.1. The van der Waals surface area contributed by atoms with Gasteiger partial charge in [-0.3, -0.25) is 9.59 Å². The predicted molar refractivity (Wildman–Crippen MR) is 96.8 cm³/mol. The number of benzene rings is 1. The first-order valence-corrected chi connectivity index (χ1v) is 9.27. The van der Waals surface area contributed by atoms with Crippen molar-refractivity contribution in [1.82, 2.24) is 5.32 Å². The Morgan fingerprint density at radius 2 is 2.00 bits per heavy atom. The standard InChI is InChI=1S/C20H19NO3S/c1-24-14-5-2-4-12(8-14)15-11-19(23)21-16-9-13(10-17(22)20(15)16)18-6-3-7-25-18/h2-8,13,15H,9-11H2,1H3,(H,21,23)/t13-,15-/m1/s1. The van der Waals surface area contributed by atoms with Crippen LogP contribution in [0.3, 0.4) is 0 Å². The maximum atomic E-state index is 12.9. The van der Waals surface area contributed by atoms with Gasteiger partial charge in [0.15, 0.2) is 5.78 Å². The summed E-state index contributed by atoms with van der Waals surface area (Å²) in [5.41, 5.74) is 2.55. The average molecular weight is 353 g/mol. The van der Waals surface area contributed by atoms with Gasteiger partial charge in [-0.15, -0.1) is 11.3 Å². The predicted octanol–water partition coefficient (Wildman–Crippen LogP) is 3.76. The molecule has 0 saturated heterocycles. The molecule has 0 unspecified atom stereocenters. The first-order chi connectivity index (χ1) is 12.2. The molecule has 25 heavy (non-hydrogen) atoms. The summed E-state index contributed by atoms with van der Waals surface area (Å²) in [5, 5.41) is 4.99. The molecule has 0 bridgehead atoms. The summed E-state index contributed by atoms with van der Waals surface area (Å²) in [6.45, 7) is 0. The van der Waals surface area contributed by atoms with Gasteiger partial charge in [0.1, 0.15) is 5.75 Å². The molecule has 1 amide bonds. The number of rotatable bonds is 3. The number of carbonyl (C=O) groups is 2. The molecule has 1 aromatic heterocycles. The minimum absolute atomic E-state index is 0.0220. The van der Waals surface area contributed by atoms with Crippen LogP contribution in [0.1, 0.15) is 41.5 Å². The van der Waals surface area contributed by atoms with Gasteiger partial charge >= 0.3 is 0 Å². The Kier molecular flexibility index (Phi) is 4.17. The van der Waals surface area contributed by atoms with Gasteiger partial charge in [0.25, 0.3) is 0 Å². The quantitative estimate of drug-likeness (QED) is 0.914. The molecule has 2 aromatic rings. The van der Waals surface area contributed by atoms with Gasteiger partial charge in [-0.05, 0) is 35.6 Å². The van der Waals surface area contributed by atoms with Crippen LogP contribution in [0, 0.1) is 0 Å². The lowest BCUT2D eigenvalue weighted by molar-refractivity contribution is -0.122. The van der Waals surface area contributed by atoms with E-state index in [2.05, 4.69) is 11.4 Å². The van der Waals surface area contributed by atoms with Gasteiger partial charge in [-0.1, -0.05) is 18.2 Å². The third-order valence-electron chi connectivity index (χ3n) is 4.98. The highest BCUT2D eigenvalue weighted by Crippen LogP contribution is 2.43. The summed E-state index contributed by atoms with van der Waals surface area (Å²) in [4.78, 5) is 26.4. The molecule has 1 N–H and O–H groups in total. The number of allylic oxidation sites excluding steroid dienone is 2. The lowest BCUT2D eigenvalue weighted by atomic mass is 9.74. The van der Waals surface area contributed by atoms with Crippen LogP contribution in [0.4, 0.5) is 0 Å². The fourth-order valence-corrected chi connectivity index (χ4v) is 4.66. The van der Waals surface area contributed by atoms with Crippen molar-refractivity contribution in [3.63, 3.8) is 0 Å². The van der Waals surface area contributed by atoms with Crippen molar-refractivity contribution in [3.8, 4) is 5.75 Å². The zero-order chi connectivity index (χ0) is 17.4. The van der Waals surface area contributed by atoms with Gasteiger partial charge in [0, 0.05) is 40.8 Å². The van der Waals surface area contributed by atoms with E-state index in [1.165, 1.54) is 4.88 Å². The van der Waals surface area contributed by atoms with E-state index in [9.17, 15) is 9.59 Å². The summed E-state index contributed by atoms with van der Waals surface area (Å²) < 4.78 is 5.30. The molecule has 4 rings (SSSR count). The molecule has 5 heteroatoms. The van der Waals surface area contributed by atoms with Crippen LogP contribution in [0.5, 0.6) is 5.75 Å². The van der Waals surface area contributed by atoms with E-state index in [1.807, 2.05) is 35.7 Å². The highest BCUT2D eigenvalue weighted by molar-refractivity contribution is 7.10. The number of amides is 1. The summed E-state index contributed by atoms with van der Waals surface area (Å²) in [6, 6.07) is 11.7. The minimum Gasteiger partial charge on any atom is -0.497 e. The smallest absolute Gasteiger partial charge is 0.225 e. The van der Waals surface area contributed by atoms with E-state index in [4.69, 9.17) is 4.74 Å². The van der Waals surface area contributed by atoms with E-state index in [-0.39, 0.29) is 23.5 Å². The van der Waals surface area contributed by atoms with E-state index < -0.39 is 0 Å². The third-order valence-corrected chi connectivity index (χ3v) is 6.01. The van der Waals surface area contributed by atoms with Gasteiger partial charge in [0.2, 0.25) is 5.91 Å². The van der Waals surface area contributed by atoms with Crippen LogP contribution in [-0.4, -0.2) is 18.8 Å². The van der Waals surface area contributed by atoms with Crippen molar-refractivity contribution in [1.29, 1.82) is 0 Å². The van der Waals surface area contributed by atoms with Crippen molar-refractivity contribution < 1.29 is 14.3 Å². The second-order valence-electron chi connectivity index (χ2n) is 6.52. The molecule has 0 saturated carbocycles. The third kappa shape index (κ3) is 3.00. The molecule has 128 valence electrons. The molecule has 0 radical (unpaired) electrons. The summed E-state index contributed by atoms with van der Waals surface area (Å²) in [5.74, 6) is 0.843. The molecule has 2 heterocycles. The van der Waals surface area contributed by atoms with E-state index in [0.717, 1.165) is 22.6 Å². The number of thiophene rings is 1. The number of Topliss-reactive ketones (excluding diaryl/α,β-unsaturated/α-hetero) is 1. The maximum absolute atomic E-state index is 12.9. The summed E-state index contributed by atoms with van der Waals surface area (Å²) in [6.07, 6.45) is 1.53. The average Bonchev–Trinajstić information content (AvgIpc) is 3.15. The number of carbonyl (C=O) groups excluding carboxylic acids is 2. The number of nitrogens with one attached hydrogen (secondary N) is 1. The van der Waals surface area contributed by atoms with Crippen molar-refractivity contribution in [2.75, 3.05) is 7.11 Å². The number of hydrogen-bond acceptors (Lipinski definition) is 4. The van der Waals surface area contributed by atoms with Gasteiger partial charge < -0.3 is 10.1 Å². The lowest BCUT2D eigenvalue weighted by Gasteiger charge is -2.34. The number of ketones is 1. The largest absolute Gasteiger partial charge is 0.497 e. The first-order valence-electron chi connectivity index (χ1n) is 8.39. The number of hydrogen-bond donors (Lipinski definition) is 1. The summed E-state index contributed by atoms with van der Waals surface area (Å²) in [7, 11) is 1.62. The van der Waals surface area contributed by atoms with Gasteiger partial charge in [0.05, 0.1) is 7.11 Å². The molecule has 2 aliphatic rings. The topological polar surface area (TPSA) is 55.4 Å². The minimum atomic E-state index is -0.185. The fraction of sp³-hybridized carbons (Fsp3) is 0.300.